The second-order valence-electron chi connectivity index (χ2n) is 3.62. The van der Waals surface area contributed by atoms with Gasteiger partial charge in [0.1, 0.15) is 11.9 Å². The molecule has 4 nitrogen and oxygen atoms in total. The highest BCUT2D eigenvalue weighted by molar-refractivity contribution is 5.95. The Bertz CT molecular complexity index is 629. The molecule has 18 heavy (non-hydrogen) atoms. The molecule has 0 spiro atoms. The van der Waals surface area contributed by atoms with Crippen molar-refractivity contribution in [3.05, 3.63) is 47.4 Å². The second-order valence-corrected chi connectivity index (χ2v) is 3.62. The van der Waals surface area contributed by atoms with Crippen molar-refractivity contribution in [3.8, 4) is 11.3 Å². The molecule has 0 atom stereocenters. The molecule has 0 aliphatic heterocycles. The van der Waals surface area contributed by atoms with Gasteiger partial charge in [-0.25, -0.2) is 23.5 Å². The Morgan fingerprint density at radius 1 is 1.22 bits per heavy atom. The van der Waals surface area contributed by atoms with Crippen LogP contribution in [0.2, 0.25) is 0 Å². The smallest absolute Gasteiger partial charge is 0.339 e. The SMILES string of the molecule is Cc1ncnc(-c2ccc(F)c(F)c2)c1C(=O)O. The van der Waals surface area contributed by atoms with E-state index in [2.05, 4.69) is 9.97 Å². The zero-order valence-corrected chi connectivity index (χ0v) is 9.32. The van der Waals surface area contributed by atoms with Gasteiger partial charge in [-0.05, 0) is 25.1 Å². The fourth-order valence-electron chi connectivity index (χ4n) is 1.59. The van der Waals surface area contributed by atoms with E-state index in [0.717, 1.165) is 12.1 Å². The summed E-state index contributed by atoms with van der Waals surface area (Å²) in [6, 6.07) is 3.10. The summed E-state index contributed by atoms with van der Waals surface area (Å²) >= 11 is 0. The van der Waals surface area contributed by atoms with Crippen LogP contribution in [0, 0.1) is 18.6 Å². The van der Waals surface area contributed by atoms with Gasteiger partial charge in [-0.15, -0.1) is 0 Å². The molecule has 2 rings (SSSR count). The molecular weight excluding hydrogens is 242 g/mol. The number of carboxylic acids is 1. The van der Waals surface area contributed by atoms with Crippen molar-refractivity contribution in [2.45, 2.75) is 6.92 Å². The first-order valence-corrected chi connectivity index (χ1v) is 5.01. The zero-order valence-electron chi connectivity index (χ0n) is 9.32. The van der Waals surface area contributed by atoms with E-state index in [1.165, 1.54) is 19.3 Å². The van der Waals surface area contributed by atoms with Crippen molar-refractivity contribution in [3.63, 3.8) is 0 Å². The van der Waals surface area contributed by atoms with Gasteiger partial charge in [0.2, 0.25) is 0 Å². The third kappa shape index (κ3) is 2.04. The van der Waals surface area contributed by atoms with Crippen LogP contribution in [0.5, 0.6) is 0 Å². The van der Waals surface area contributed by atoms with E-state index in [-0.39, 0.29) is 22.5 Å². The summed E-state index contributed by atoms with van der Waals surface area (Å²) in [6.07, 6.45) is 1.18. The molecular formula is C12H8F2N2O2. The number of aryl methyl sites for hydroxylation is 1. The van der Waals surface area contributed by atoms with Crippen LogP contribution in [0.3, 0.4) is 0 Å². The number of hydrogen-bond acceptors (Lipinski definition) is 3. The molecule has 2 aromatic rings. The largest absolute Gasteiger partial charge is 0.478 e. The molecule has 0 saturated heterocycles. The van der Waals surface area contributed by atoms with E-state index in [4.69, 9.17) is 5.11 Å². The number of benzene rings is 1. The van der Waals surface area contributed by atoms with Crippen molar-refractivity contribution in [1.29, 1.82) is 0 Å². The molecule has 0 amide bonds. The molecule has 1 aromatic heterocycles. The van der Waals surface area contributed by atoms with Crippen LogP contribution in [-0.4, -0.2) is 21.0 Å². The Labute approximate surface area is 101 Å². The van der Waals surface area contributed by atoms with E-state index in [1.54, 1.807) is 0 Å². The first-order chi connectivity index (χ1) is 8.50. The van der Waals surface area contributed by atoms with Gasteiger partial charge in [-0.1, -0.05) is 0 Å². The van der Waals surface area contributed by atoms with Crippen LogP contribution in [0.4, 0.5) is 8.78 Å². The maximum Gasteiger partial charge on any atom is 0.339 e. The summed E-state index contributed by atoms with van der Waals surface area (Å²) in [5.41, 5.74) is 0.395. The lowest BCUT2D eigenvalue weighted by Crippen LogP contribution is -2.06. The Hall–Kier alpha value is -2.37. The Balaban J connectivity index is 2.67. The van der Waals surface area contributed by atoms with Crippen molar-refractivity contribution < 1.29 is 18.7 Å². The van der Waals surface area contributed by atoms with Crippen LogP contribution >= 0.6 is 0 Å². The molecule has 1 aromatic carbocycles. The van der Waals surface area contributed by atoms with Gasteiger partial charge in [0, 0.05) is 5.56 Å². The normalized spacial score (nSPS) is 10.4. The minimum atomic E-state index is -1.21. The van der Waals surface area contributed by atoms with Crippen molar-refractivity contribution in [2.75, 3.05) is 0 Å². The third-order valence-electron chi connectivity index (χ3n) is 2.44. The fourth-order valence-corrected chi connectivity index (χ4v) is 1.59. The molecule has 0 bridgehead atoms. The van der Waals surface area contributed by atoms with Crippen LogP contribution in [0.15, 0.2) is 24.5 Å². The van der Waals surface area contributed by atoms with Crippen molar-refractivity contribution in [2.24, 2.45) is 0 Å². The number of carbonyl (C=O) groups is 1. The summed E-state index contributed by atoms with van der Waals surface area (Å²) in [5.74, 6) is -3.27. The highest BCUT2D eigenvalue weighted by Crippen LogP contribution is 2.24. The molecule has 0 aliphatic carbocycles. The first-order valence-electron chi connectivity index (χ1n) is 5.01. The van der Waals surface area contributed by atoms with Gasteiger partial charge in [-0.3, -0.25) is 0 Å². The molecule has 0 unspecified atom stereocenters. The summed E-state index contributed by atoms with van der Waals surface area (Å²) in [4.78, 5) is 18.7. The molecule has 92 valence electrons. The quantitative estimate of drug-likeness (QED) is 0.889. The van der Waals surface area contributed by atoms with Crippen LogP contribution in [0.25, 0.3) is 11.3 Å². The summed E-state index contributed by atoms with van der Waals surface area (Å²) < 4.78 is 26.0. The summed E-state index contributed by atoms with van der Waals surface area (Å²) in [6.45, 7) is 1.51. The van der Waals surface area contributed by atoms with E-state index in [1.807, 2.05) is 0 Å². The Morgan fingerprint density at radius 3 is 2.56 bits per heavy atom. The number of hydrogen-bond donors (Lipinski definition) is 1. The third-order valence-corrected chi connectivity index (χ3v) is 2.44. The topological polar surface area (TPSA) is 63.1 Å². The van der Waals surface area contributed by atoms with Gasteiger partial charge >= 0.3 is 5.97 Å². The lowest BCUT2D eigenvalue weighted by Gasteiger charge is -2.07. The number of aromatic nitrogens is 2. The average molecular weight is 250 g/mol. The summed E-state index contributed by atoms with van der Waals surface area (Å²) in [7, 11) is 0. The predicted octanol–water partition coefficient (Wildman–Crippen LogP) is 2.43. The highest BCUT2D eigenvalue weighted by Gasteiger charge is 2.17. The molecule has 0 radical (unpaired) electrons. The van der Waals surface area contributed by atoms with Gasteiger partial charge in [0.25, 0.3) is 0 Å². The lowest BCUT2D eigenvalue weighted by molar-refractivity contribution is 0.0696. The highest BCUT2D eigenvalue weighted by atomic mass is 19.2. The van der Waals surface area contributed by atoms with E-state index in [0.29, 0.717) is 0 Å². The molecule has 0 aliphatic rings. The van der Waals surface area contributed by atoms with E-state index < -0.39 is 17.6 Å². The standard InChI is InChI=1S/C12H8F2N2O2/c1-6-10(12(17)18)11(16-5-15-6)7-2-3-8(13)9(14)4-7/h2-5H,1H3,(H,17,18). The number of aromatic carboxylic acids is 1. The van der Waals surface area contributed by atoms with Gasteiger partial charge in [0.15, 0.2) is 11.6 Å². The molecule has 1 N–H and O–H groups in total. The monoisotopic (exact) mass is 250 g/mol. The fraction of sp³-hybridized carbons (Fsp3) is 0.0833. The van der Waals surface area contributed by atoms with Gasteiger partial charge in [0.05, 0.1) is 11.4 Å². The Kier molecular flexibility index (Phi) is 3.01. The minimum Gasteiger partial charge on any atom is -0.478 e. The van der Waals surface area contributed by atoms with Gasteiger partial charge < -0.3 is 5.11 Å². The zero-order chi connectivity index (χ0) is 13.3. The molecule has 1 heterocycles. The van der Waals surface area contributed by atoms with Crippen molar-refractivity contribution in [1.82, 2.24) is 9.97 Å². The number of halogens is 2. The molecule has 0 fully saturated rings. The lowest BCUT2D eigenvalue weighted by atomic mass is 10.0. The Morgan fingerprint density at radius 2 is 1.94 bits per heavy atom. The minimum absolute atomic E-state index is 0.0638. The molecule has 0 saturated carbocycles. The second kappa shape index (κ2) is 4.48. The number of rotatable bonds is 2. The maximum atomic E-state index is 13.1. The van der Waals surface area contributed by atoms with Crippen LogP contribution in [-0.2, 0) is 0 Å². The molecule has 6 heteroatoms. The van der Waals surface area contributed by atoms with Crippen molar-refractivity contribution >= 4 is 5.97 Å². The number of carboxylic acid groups (broad SMARTS) is 1. The summed E-state index contributed by atoms with van der Waals surface area (Å²) in [5, 5.41) is 9.08. The van der Waals surface area contributed by atoms with E-state index in [9.17, 15) is 13.6 Å². The van der Waals surface area contributed by atoms with Gasteiger partial charge in [-0.2, -0.15) is 0 Å². The maximum absolute atomic E-state index is 13.1. The van der Waals surface area contributed by atoms with Crippen LogP contribution < -0.4 is 0 Å². The van der Waals surface area contributed by atoms with Crippen LogP contribution in [0.1, 0.15) is 16.1 Å². The first kappa shape index (κ1) is 12.1. The number of nitrogens with zero attached hydrogens (tertiary/aromatic N) is 2. The predicted molar refractivity (Wildman–Crippen MR) is 59.1 cm³/mol. The van der Waals surface area contributed by atoms with E-state index >= 15 is 0 Å². The average Bonchev–Trinajstić information content (AvgIpc) is 2.32.